The molecule has 11 heteroatoms. The molecule has 2 aliphatic heterocycles. The summed E-state index contributed by atoms with van der Waals surface area (Å²) in [5, 5.41) is 0. The van der Waals surface area contributed by atoms with Crippen LogP contribution in [-0.2, 0) is 25.5 Å². The molecule has 10 nitrogen and oxygen atoms in total. The molecule has 1 N–H and O–H groups in total. The van der Waals surface area contributed by atoms with Gasteiger partial charge in [-0.15, -0.1) is 0 Å². The molecule has 2 fully saturated rings. The molecule has 200 valence electrons. The van der Waals surface area contributed by atoms with E-state index in [1.807, 2.05) is 36.4 Å². The van der Waals surface area contributed by atoms with E-state index in [4.69, 9.17) is 14.2 Å². The maximum absolute atomic E-state index is 12.9. The maximum atomic E-state index is 12.9. The number of urea groups is 1. The summed E-state index contributed by atoms with van der Waals surface area (Å²) in [4.78, 5) is 29.3. The predicted molar refractivity (Wildman–Crippen MR) is 140 cm³/mol. The zero-order valence-corrected chi connectivity index (χ0v) is 21.9. The van der Waals surface area contributed by atoms with Crippen molar-refractivity contribution >= 4 is 29.0 Å². The van der Waals surface area contributed by atoms with Crippen molar-refractivity contribution in [2.75, 3.05) is 57.9 Å². The molecule has 0 aromatic heterocycles. The van der Waals surface area contributed by atoms with Crippen molar-refractivity contribution in [2.45, 2.75) is 18.9 Å². The molecule has 2 aromatic rings. The summed E-state index contributed by atoms with van der Waals surface area (Å²) in [5.41, 5.74) is 2.31. The average molecular weight is 532 g/mol. The number of ether oxygens (including phenoxy) is 3. The van der Waals surface area contributed by atoms with Crippen molar-refractivity contribution in [1.29, 1.82) is 0 Å². The summed E-state index contributed by atoms with van der Waals surface area (Å²) in [6, 6.07) is 13.7. The van der Waals surface area contributed by atoms with E-state index in [0.29, 0.717) is 57.9 Å². The highest BCUT2D eigenvalue weighted by Crippen LogP contribution is 2.32. The molecule has 2 saturated heterocycles. The number of hydrogen-bond donors (Lipinski definition) is 1. The number of carbonyl (C=O) groups is 2. The fraction of sp³-hybridized carbons (Fsp3) is 0.462. The van der Waals surface area contributed by atoms with Crippen LogP contribution in [0.1, 0.15) is 12.8 Å². The fourth-order valence-corrected chi connectivity index (χ4v) is 5.65. The Hall–Kier alpha value is -3.15. The minimum Gasteiger partial charge on any atom is -0.497 e. The van der Waals surface area contributed by atoms with Crippen LogP contribution in [0.25, 0.3) is 11.1 Å². The number of carbonyl (C=O) groups excluding carboxylic acids is 2. The van der Waals surface area contributed by atoms with Gasteiger partial charge in [0.1, 0.15) is 11.8 Å². The van der Waals surface area contributed by atoms with Crippen molar-refractivity contribution in [2.24, 2.45) is 5.92 Å². The van der Waals surface area contributed by atoms with Crippen molar-refractivity contribution in [3.63, 3.8) is 0 Å². The molecule has 0 saturated carbocycles. The monoisotopic (exact) mass is 531 g/mol. The SMILES string of the molecule is COC(=O)C(C1CCN(C(=O)N2CCOCC2)CC1)N(c1ccc(-c2ccc(OC)cc2)cc1)S(=O)O. The van der Waals surface area contributed by atoms with Crippen molar-refractivity contribution < 1.29 is 32.6 Å². The summed E-state index contributed by atoms with van der Waals surface area (Å²) >= 11 is -2.47. The summed E-state index contributed by atoms with van der Waals surface area (Å²) in [6.07, 6.45) is 1.01. The Balaban J connectivity index is 1.50. The van der Waals surface area contributed by atoms with E-state index in [9.17, 15) is 18.4 Å². The molecule has 0 aliphatic carbocycles. The number of hydrogen-bond acceptors (Lipinski definition) is 6. The number of likely N-dealkylation sites (tertiary alicyclic amines) is 1. The molecule has 2 atom stereocenters. The number of nitrogens with zero attached hydrogens (tertiary/aromatic N) is 3. The first kappa shape index (κ1) is 26.9. The van der Waals surface area contributed by atoms with Crippen LogP contribution < -0.4 is 9.04 Å². The Labute approximate surface area is 219 Å². The molecule has 2 aliphatic rings. The number of rotatable bonds is 7. The Kier molecular flexibility index (Phi) is 9.01. The molecule has 0 spiro atoms. The van der Waals surface area contributed by atoms with Crippen LogP contribution >= 0.6 is 0 Å². The van der Waals surface area contributed by atoms with Crippen LogP contribution in [0.2, 0.25) is 0 Å². The van der Waals surface area contributed by atoms with E-state index in [1.54, 1.807) is 29.0 Å². The van der Waals surface area contributed by atoms with Gasteiger partial charge in [0.2, 0.25) is 0 Å². The molecular formula is C26H33N3O7S. The zero-order chi connectivity index (χ0) is 26.4. The molecule has 2 heterocycles. The predicted octanol–water partition coefficient (Wildman–Crippen LogP) is 3.01. The van der Waals surface area contributed by atoms with E-state index < -0.39 is 23.3 Å². The lowest BCUT2D eigenvalue weighted by Crippen LogP contribution is -2.54. The van der Waals surface area contributed by atoms with Gasteiger partial charge in [-0.3, -0.25) is 8.86 Å². The summed E-state index contributed by atoms with van der Waals surface area (Å²) in [6.45, 7) is 3.09. The van der Waals surface area contributed by atoms with E-state index in [-0.39, 0.29) is 11.9 Å². The maximum Gasteiger partial charge on any atom is 0.329 e. The van der Waals surface area contributed by atoms with Gasteiger partial charge < -0.3 is 24.0 Å². The number of methoxy groups -OCH3 is 2. The van der Waals surface area contributed by atoms with Gasteiger partial charge >= 0.3 is 12.0 Å². The van der Waals surface area contributed by atoms with Crippen molar-refractivity contribution in [1.82, 2.24) is 9.80 Å². The number of amides is 2. The average Bonchev–Trinajstić information content (AvgIpc) is 2.95. The lowest BCUT2D eigenvalue weighted by molar-refractivity contribution is -0.143. The van der Waals surface area contributed by atoms with Gasteiger partial charge in [-0.2, -0.15) is 0 Å². The smallest absolute Gasteiger partial charge is 0.329 e. The molecule has 0 bridgehead atoms. The van der Waals surface area contributed by atoms with Crippen molar-refractivity contribution in [3.8, 4) is 16.9 Å². The number of esters is 1. The van der Waals surface area contributed by atoms with Crippen LogP contribution in [0.5, 0.6) is 5.75 Å². The lowest BCUT2D eigenvalue weighted by Gasteiger charge is -2.40. The molecule has 2 unspecified atom stereocenters. The molecular weight excluding hydrogens is 498 g/mol. The third kappa shape index (κ3) is 6.23. The number of piperidine rings is 1. The van der Waals surface area contributed by atoms with Gasteiger partial charge in [0.15, 0.2) is 0 Å². The lowest BCUT2D eigenvalue weighted by atomic mass is 9.89. The van der Waals surface area contributed by atoms with Crippen LogP contribution in [0, 0.1) is 5.92 Å². The topological polar surface area (TPSA) is 109 Å². The van der Waals surface area contributed by atoms with Gasteiger partial charge in [-0.25, -0.2) is 13.8 Å². The van der Waals surface area contributed by atoms with E-state index >= 15 is 0 Å². The van der Waals surface area contributed by atoms with Gasteiger partial charge in [-0.1, -0.05) is 24.3 Å². The van der Waals surface area contributed by atoms with Crippen LogP contribution in [0.3, 0.4) is 0 Å². The highest BCUT2D eigenvalue weighted by Gasteiger charge is 2.40. The fourth-order valence-electron chi connectivity index (χ4n) is 4.89. The highest BCUT2D eigenvalue weighted by molar-refractivity contribution is 7.80. The highest BCUT2D eigenvalue weighted by atomic mass is 32.2. The third-order valence-corrected chi connectivity index (χ3v) is 7.72. The van der Waals surface area contributed by atoms with Crippen molar-refractivity contribution in [3.05, 3.63) is 48.5 Å². The number of morpholine rings is 1. The second-order valence-electron chi connectivity index (χ2n) is 9.01. The Bertz CT molecular complexity index is 1080. The second kappa shape index (κ2) is 12.4. The molecule has 37 heavy (non-hydrogen) atoms. The normalized spacial score (nSPS) is 18.1. The van der Waals surface area contributed by atoms with Gasteiger partial charge in [-0.05, 0) is 54.2 Å². The molecule has 2 aromatic carbocycles. The Morgan fingerprint density at radius 2 is 1.49 bits per heavy atom. The van der Waals surface area contributed by atoms with Gasteiger partial charge in [0.25, 0.3) is 11.3 Å². The zero-order valence-electron chi connectivity index (χ0n) is 21.1. The quantitative estimate of drug-likeness (QED) is 0.432. The number of benzene rings is 2. The van der Waals surface area contributed by atoms with E-state index in [1.165, 1.54) is 11.4 Å². The second-order valence-corrected chi connectivity index (χ2v) is 9.86. The third-order valence-electron chi connectivity index (χ3n) is 6.95. The Morgan fingerprint density at radius 3 is 2.00 bits per heavy atom. The largest absolute Gasteiger partial charge is 0.497 e. The summed E-state index contributed by atoms with van der Waals surface area (Å²) in [7, 11) is 2.88. The first-order valence-electron chi connectivity index (χ1n) is 12.3. The van der Waals surface area contributed by atoms with E-state index in [0.717, 1.165) is 16.9 Å². The molecule has 4 rings (SSSR count). The van der Waals surface area contributed by atoms with E-state index in [2.05, 4.69) is 0 Å². The first-order chi connectivity index (χ1) is 17.9. The Morgan fingerprint density at radius 1 is 0.946 bits per heavy atom. The molecule has 0 radical (unpaired) electrons. The van der Waals surface area contributed by atoms with Crippen LogP contribution in [-0.4, -0.2) is 90.2 Å². The summed E-state index contributed by atoms with van der Waals surface area (Å²) in [5.74, 6) is -0.0982. The standard InChI is InChI=1S/C26H33N3O7S/c1-34-23-9-5-20(6-10-23)19-3-7-22(8-4-19)29(37(32)33)24(25(30)35-2)21-11-13-27(14-12-21)26(31)28-15-17-36-18-16-28/h3-10,21,24H,11-18H2,1-2H3,(H,32,33). The van der Waals surface area contributed by atoms with Gasteiger partial charge in [0.05, 0.1) is 33.1 Å². The first-order valence-corrected chi connectivity index (χ1v) is 13.3. The summed E-state index contributed by atoms with van der Waals surface area (Å²) < 4.78 is 39.6. The molecule has 2 amide bonds. The van der Waals surface area contributed by atoms with Crippen LogP contribution in [0.4, 0.5) is 10.5 Å². The minimum absolute atomic E-state index is 0.0342. The number of anilines is 1. The minimum atomic E-state index is -2.47. The van der Waals surface area contributed by atoms with Crippen LogP contribution in [0.15, 0.2) is 48.5 Å². The van der Waals surface area contributed by atoms with Gasteiger partial charge in [0, 0.05) is 26.2 Å².